The molecule has 1 aliphatic heterocycles. The van der Waals surface area contributed by atoms with E-state index in [-0.39, 0.29) is 12.7 Å². The number of hydrogen-bond donors (Lipinski definition) is 2. The molecule has 0 radical (unpaired) electrons. The molecule has 0 amide bonds. The van der Waals surface area contributed by atoms with Crippen molar-refractivity contribution < 1.29 is 10.2 Å². The summed E-state index contributed by atoms with van der Waals surface area (Å²) >= 11 is 0. The van der Waals surface area contributed by atoms with Crippen LogP contribution in [0.3, 0.4) is 0 Å². The zero-order valence-electron chi connectivity index (χ0n) is 7.74. The number of nitrogens with zero attached hydrogens (tertiary/aromatic N) is 1. The molecule has 2 unspecified atom stereocenters. The van der Waals surface area contributed by atoms with Gasteiger partial charge in [-0.3, -0.25) is 0 Å². The molecule has 72 valence electrons. The lowest BCUT2D eigenvalue weighted by molar-refractivity contribution is 0.127. The molecule has 0 aromatic heterocycles. The van der Waals surface area contributed by atoms with Crippen molar-refractivity contribution in [2.75, 3.05) is 26.2 Å². The van der Waals surface area contributed by atoms with Gasteiger partial charge >= 0.3 is 0 Å². The third-order valence-electron chi connectivity index (χ3n) is 2.62. The standard InChI is InChI=1S/C9H19NO2/c1-8(12)9-3-5-10(7-9)4-2-6-11/h8-9,11-12H,2-7H2,1H3. The zero-order chi connectivity index (χ0) is 8.97. The van der Waals surface area contributed by atoms with Gasteiger partial charge in [0.05, 0.1) is 6.10 Å². The Hall–Kier alpha value is -0.120. The Kier molecular flexibility index (Phi) is 3.98. The van der Waals surface area contributed by atoms with Crippen LogP contribution in [-0.4, -0.2) is 47.5 Å². The Bertz CT molecular complexity index is 128. The summed E-state index contributed by atoms with van der Waals surface area (Å²) in [5.74, 6) is 0.448. The van der Waals surface area contributed by atoms with Crippen LogP contribution in [0.15, 0.2) is 0 Å². The molecular weight excluding hydrogens is 154 g/mol. The monoisotopic (exact) mass is 173 g/mol. The van der Waals surface area contributed by atoms with Crippen molar-refractivity contribution in [2.24, 2.45) is 5.92 Å². The van der Waals surface area contributed by atoms with Crippen LogP contribution in [0.2, 0.25) is 0 Å². The molecule has 0 spiro atoms. The van der Waals surface area contributed by atoms with Crippen molar-refractivity contribution in [1.82, 2.24) is 4.90 Å². The fourth-order valence-corrected chi connectivity index (χ4v) is 1.75. The van der Waals surface area contributed by atoms with E-state index in [1.165, 1.54) is 0 Å². The van der Waals surface area contributed by atoms with Gasteiger partial charge in [-0.25, -0.2) is 0 Å². The van der Waals surface area contributed by atoms with Gasteiger partial charge in [0.2, 0.25) is 0 Å². The lowest BCUT2D eigenvalue weighted by Crippen LogP contribution is -2.25. The maximum Gasteiger partial charge on any atom is 0.0552 e. The number of likely N-dealkylation sites (tertiary alicyclic amines) is 1. The average Bonchev–Trinajstić information content (AvgIpc) is 2.48. The summed E-state index contributed by atoms with van der Waals surface area (Å²) < 4.78 is 0. The second-order valence-electron chi connectivity index (χ2n) is 3.67. The van der Waals surface area contributed by atoms with Crippen LogP contribution in [0.5, 0.6) is 0 Å². The first-order valence-electron chi connectivity index (χ1n) is 4.75. The van der Waals surface area contributed by atoms with E-state index in [4.69, 9.17) is 5.11 Å². The van der Waals surface area contributed by atoms with Crippen molar-refractivity contribution in [2.45, 2.75) is 25.9 Å². The predicted molar refractivity (Wildman–Crippen MR) is 47.9 cm³/mol. The van der Waals surface area contributed by atoms with Gasteiger partial charge in [0.25, 0.3) is 0 Å². The maximum atomic E-state index is 9.32. The van der Waals surface area contributed by atoms with Crippen LogP contribution in [0, 0.1) is 5.92 Å². The molecule has 0 aliphatic carbocycles. The molecule has 2 N–H and O–H groups in total. The summed E-state index contributed by atoms with van der Waals surface area (Å²) in [6, 6.07) is 0. The third-order valence-corrected chi connectivity index (χ3v) is 2.62. The Morgan fingerprint density at radius 2 is 2.33 bits per heavy atom. The Labute approximate surface area is 74.0 Å². The molecule has 1 rings (SSSR count). The van der Waals surface area contributed by atoms with Gasteiger partial charge in [-0.05, 0) is 32.2 Å². The van der Waals surface area contributed by atoms with Gasteiger partial charge in [-0.15, -0.1) is 0 Å². The van der Waals surface area contributed by atoms with Crippen molar-refractivity contribution >= 4 is 0 Å². The number of aliphatic hydroxyl groups excluding tert-OH is 2. The second-order valence-corrected chi connectivity index (χ2v) is 3.67. The van der Waals surface area contributed by atoms with E-state index >= 15 is 0 Å². The zero-order valence-corrected chi connectivity index (χ0v) is 7.74. The molecule has 1 heterocycles. The molecule has 0 aromatic rings. The summed E-state index contributed by atoms with van der Waals surface area (Å²) in [7, 11) is 0. The summed E-state index contributed by atoms with van der Waals surface area (Å²) in [5, 5.41) is 17.9. The van der Waals surface area contributed by atoms with Crippen LogP contribution in [0.1, 0.15) is 19.8 Å². The highest BCUT2D eigenvalue weighted by Gasteiger charge is 2.24. The maximum absolute atomic E-state index is 9.32. The van der Waals surface area contributed by atoms with Gasteiger partial charge < -0.3 is 15.1 Å². The molecule has 2 atom stereocenters. The third kappa shape index (κ3) is 2.73. The van der Waals surface area contributed by atoms with E-state index in [1.807, 2.05) is 6.92 Å². The van der Waals surface area contributed by atoms with Gasteiger partial charge in [0.1, 0.15) is 0 Å². The fraction of sp³-hybridized carbons (Fsp3) is 1.00. The van der Waals surface area contributed by atoms with Gasteiger partial charge in [-0.1, -0.05) is 0 Å². The Morgan fingerprint density at radius 3 is 2.83 bits per heavy atom. The Morgan fingerprint density at radius 1 is 1.58 bits per heavy atom. The van der Waals surface area contributed by atoms with Gasteiger partial charge in [-0.2, -0.15) is 0 Å². The number of aliphatic hydroxyl groups is 2. The van der Waals surface area contributed by atoms with Crippen LogP contribution in [-0.2, 0) is 0 Å². The summed E-state index contributed by atoms with van der Waals surface area (Å²) in [6.07, 6.45) is 1.78. The topological polar surface area (TPSA) is 43.7 Å². The quantitative estimate of drug-likeness (QED) is 0.632. The van der Waals surface area contributed by atoms with Crippen molar-refractivity contribution in [3.63, 3.8) is 0 Å². The summed E-state index contributed by atoms with van der Waals surface area (Å²) in [6.45, 7) is 5.18. The fourth-order valence-electron chi connectivity index (χ4n) is 1.75. The molecule has 0 aromatic carbocycles. The minimum absolute atomic E-state index is 0.177. The normalized spacial score (nSPS) is 27.8. The highest BCUT2D eigenvalue weighted by molar-refractivity contribution is 4.78. The van der Waals surface area contributed by atoms with Gasteiger partial charge in [0.15, 0.2) is 0 Å². The lowest BCUT2D eigenvalue weighted by Gasteiger charge is -2.16. The van der Waals surface area contributed by atoms with Gasteiger partial charge in [0, 0.05) is 19.7 Å². The average molecular weight is 173 g/mol. The first kappa shape index (κ1) is 9.96. The predicted octanol–water partition coefficient (Wildman–Crippen LogP) is 0.0715. The Balaban J connectivity index is 2.17. The molecule has 1 fully saturated rings. The molecule has 1 saturated heterocycles. The first-order chi connectivity index (χ1) is 5.74. The van der Waals surface area contributed by atoms with E-state index in [2.05, 4.69) is 4.90 Å². The molecule has 3 heteroatoms. The summed E-state index contributed by atoms with van der Waals surface area (Å²) in [4.78, 5) is 2.31. The number of rotatable bonds is 4. The van der Waals surface area contributed by atoms with Crippen molar-refractivity contribution in [3.05, 3.63) is 0 Å². The first-order valence-corrected chi connectivity index (χ1v) is 4.75. The van der Waals surface area contributed by atoms with Crippen LogP contribution >= 0.6 is 0 Å². The molecule has 12 heavy (non-hydrogen) atoms. The smallest absolute Gasteiger partial charge is 0.0552 e. The van der Waals surface area contributed by atoms with E-state index in [0.29, 0.717) is 5.92 Å². The van der Waals surface area contributed by atoms with Crippen LogP contribution in [0.4, 0.5) is 0 Å². The van der Waals surface area contributed by atoms with E-state index in [9.17, 15) is 5.11 Å². The van der Waals surface area contributed by atoms with Crippen molar-refractivity contribution in [3.8, 4) is 0 Å². The SMILES string of the molecule is CC(O)C1CCN(CCCO)C1. The highest BCUT2D eigenvalue weighted by Crippen LogP contribution is 2.19. The molecule has 0 saturated carbocycles. The van der Waals surface area contributed by atoms with Crippen molar-refractivity contribution in [1.29, 1.82) is 0 Å². The molecule has 1 aliphatic rings. The largest absolute Gasteiger partial charge is 0.396 e. The van der Waals surface area contributed by atoms with E-state index < -0.39 is 0 Å². The minimum Gasteiger partial charge on any atom is -0.396 e. The van der Waals surface area contributed by atoms with Crippen LogP contribution in [0.25, 0.3) is 0 Å². The molecule has 3 nitrogen and oxygen atoms in total. The highest BCUT2D eigenvalue weighted by atomic mass is 16.3. The second kappa shape index (κ2) is 4.80. The summed E-state index contributed by atoms with van der Waals surface area (Å²) in [5.41, 5.74) is 0. The van der Waals surface area contributed by atoms with Crippen LogP contribution < -0.4 is 0 Å². The molecular formula is C9H19NO2. The lowest BCUT2D eigenvalue weighted by atomic mass is 10.0. The molecule has 0 bridgehead atoms. The van der Waals surface area contributed by atoms with E-state index in [1.54, 1.807) is 0 Å². The number of hydrogen-bond acceptors (Lipinski definition) is 3. The van der Waals surface area contributed by atoms with E-state index in [0.717, 1.165) is 32.5 Å². The minimum atomic E-state index is -0.177.